The molecule has 0 aliphatic carbocycles. The molecule has 7 nitrogen and oxygen atoms in total. The summed E-state index contributed by atoms with van der Waals surface area (Å²) in [5, 5.41) is 9.35. The summed E-state index contributed by atoms with van der Waals surface area (Å²) < 4.78 is 30.5. The lowest BCUT2D eigenvalue weighted by atomic mass is 10.1. The predicted molar refractivity (Wildman–Crippen MR) is 84.1 cm³/mol. The highest BCUT2D eigenvalue weighted by molar-refractivity contribution is 7.99. The third-order valence-electron chi connectivity index (χ3n) is 4.35. The van der Waals surface area contributed by atoms with E-state index in [1.165, 1.54) is 0 Å². The molecule has 3 rings (SSSR count). The zero-order valence-corrected chi connectivity index (χ0v) is 14.5. The zero-order chi connectivity index (χ0) is 15.6. The first kappa shape index (κ1) is 16.2. The first-order valence-electron chi connectivity index (χ1n) is 7.69. The van der Waals surface area contributed by atoms with E-state index < -0.39 is 9.84 Å². The van der Waals surface area contributed by atoms with Gasteiger partial charge in [-0.15, -0.1) is 10.2 Å². The molecule has 2 fully saturated rings. The number of sulfone groups is 1. The predicted octanol–water partition coefficient (Wildman–Crippen LogP) is -1.28. The summed E-state index contributed by atoms with van der Waals surface area (Å²) in [7, 11) is -0.951. The summed E-state index contributed by atoms with van der Waals surface area (Å²) in [5.41, 5.74) is 0. The van der Waals surface area contributed by atoms with Crippen molar-refractivity contribution >= 4 is 21.6 Å². The molecule has 1 aromatic rings. The van der Waals surface area contributed by atoms with Gasteiger partial charge < -0.3 is 14.2 Å². The summed E-state index contributed by atoms with van der Waals surface area (Å²) in [5.74, 6) is 2.28. The number of ether oxygens (including phenoxy) is 1. The van der Waals surface area contributed by atoms with Gasteiger partial charge >= 0.3 is 0 Å². The fraction of sp³-hybridized carbons (Fsp3) is 0.846. The van der Waals surface area contributed by atoms with Crippen LogP contribution in [0.25, 0.3) is 0 Å². The van der Waals surface area contributed by atoms with Gasteiger partial charge in [0, 0.05) is 13.0 Å². The van der Waals surface area contributed by atoms with Crippen molar-refractivity contribution in [3.63, 3.8) is 0 Å². The summed E-state index contributed by atoms with van der Waals surface area (Å²) in [4.78, 5) is 1.57. The van der Waals surface area contributed by atoms with E-state index in [-0.39, 0.29) is 17.4 Å². The van der Waals surface area contributed by atoms with E-state index >= 15 is 0 Å². The van der Waals surface area contributed by atoms with E-state index in [9.17, 15) is 8.42 Å². The highest BCUT2D eigenvalue weighted by atomic mass is 32.2. The van der Waals surface area contributed by atoms with Crippen LogP contribution in [-0.2, 0) is 21.6 Å². The van der Waals surface area contributed by atoms with Crippen molar-refractivity contribution < 1.29 is 18.1 Å². The number of rotatable bonds is 5. The number of morpholine rings is 1. The highest BCUT2D eigenvalue weighted by Gasteiger charge is 2.32. The Morgan fingerprint density at radius 1 is 1.36 bits per heavy atom. The van der Waals surface area contributed by atoms with Gasteiger partial charge in [-0.25, -0.2) is 8.42 Å². The molecule has 124 valence electrons. The summed E-state index contributed by atoms with van der Waals surface area (Å²) >= 11 is 1.70. The van der Waals surface area contributed by atoms with E-state index in [0.717, 1.165) is 49.6 Å². The van der Waals surface area contributed by atoms with Gasteiger partial charge in [0.1, 0.15) is 18.9 Å². The summed E-state index contributed by atoms with van der Waals surface area (Å²) in [6, 6.07) is 0. The summed E-state index contributed by atoms with van der Waals surface area (Å²) in [6.45, 7) is 4.94. The van der Waals surface area contributed by atoms with Crippen LogP contribution in [-0.4, -0.2) is 73.3 Å². The van der Waals surface area contributed by atoms with Crippen LogP contribution in [0.4, 0.5) is 0 Å². The third-order valence-corrected chi connectivity index (χ3v) is 7.14. The Morgan fingerprint density at radius 3 is 2.82 bits per heavy atom. The van der Waals surface area contributed by atoms with Crippen LogP contribution in [0.5, 0.6) is 0 Å². The van der Waals surface area contributed by atoms with Crippen molar-refractivity contribution in [1.82, 2.24) is 14.8 Å². The maximum Gasteiger partial charge on any atom is 0.191 e. The molecule has 0 aromatic carbocycles. The van der Waals surface area contributed by atoms with Crippen LogP contribution in [0, 0.1) is 0 Å². The lowest BCUT2D eigenvalue weighted by molar-refractivity contribution is -0.905. The molecule has 2 aliphatic rings. The third kappa shape index (κ3) is 3.81. The molecular formula is C13H23N4O3S2+. The molecule has 1 aromatic heterocycles. The molecule has 9 heteroatoms. The fourth-order valence-corrected chi connectivity index (χ4v) is 5.70. The van der Waals surface area contributed by atoms with Crippen LogP contribution in [0.1, 0.15) is 18.2 Å². The second-order valence-electron chi connectivity index (χ2n) is 5.96. The minimum atomic E-state index is -2.89. The van der Waals surface area contributed by atoms with E-state index in [2.05, 4.69) is 10.2 Å². The van der Waals surface area contributed by atoms with E-state index in [4.69, 9.17) is 4.74 Å². The van der Waals surface area contributed by atoms with Gasteiger partial charge in [-0.05, 0) is 6.42 Å². The first-order chi connectivity index (χ1) is 10.6. The van der Waals surface area contributed by atoms with Crippen molar-refractivity contribution in [1.29, 1.82) is 0 Å². The smallest absolute Gasteiger partial charge is 0.191 e. The van der Waals surface area contributed by atoms with Crippen molar-refractivity contribution in [3.05, 3.63) is 5.82 Å². The monoisotopic (exact) mass is 347 g/mol. The Bertz CT molecular complexity index is 611. The Hall–Kier alpha value is -0.640. The zero-order valence-electron chi connectivity index (χ0n) is 12.8. The van der Waals surface area contributed by atoms with Gasteiger partial charge in [0.05, 0.1) is 37.0 Å². The molecule has 2 aliphatic heterocycles. The Kier molecular flexibility index (Phi) is 5.06. The van der Waals surface area contributed by atoms with E-state index in [1.54, 1.807) is 16.7 Å². The molecule has 1 N–H and O–H groups in total. The average Bonchev–Trinajstić information content (AvgIpc) is 3.03. The Balaban J connectivity index is 1.54. The number of aromatic nitrogens is 3. The molecule has 0 radical (unpaired) electrons. The second kappa shape index (κ2) is 6.86. The quantitative estimate of drug-likeness (QED) is 0.669. The van der Waals surface area contributed by atoms with Crippen LogP contribution in [0.2, 0.25) is 0 Å². The normalized spacial score (nSPS) is 25.6. The van der Waals surface area contributed by atoms with Gasteiger partial charge in [-0.2, -0.15) is 0 Å². The molecule has 3 heterocycles. The maximum absolute atomic E-state index is 11.6. The number of hydrogen-bond acceptors (Lipinski definition) is 6. The fourth-order valence-electron chi connectivity index (χ4n) is 3.00. The average molecular weight is 347 g/mol. The number of quaternary nitrogens is 1. The number of hydrogen-bond donors (Lipinski definition) is 1. The molecule has 0 unspecified atom stereocenters. The molecule has 1 atom stereocenters. The largest absolute Gasteiger partial charge is 0.370 e. The molecular weight excluding hydrogens is 324 g/mol. The second-order valence-corrected chi connectivity index (χ2v) is 9.25. The SMILES string of the molecule is Cn1c(SCC[NH+]2CCOCC2)nnc1[C@H]1CCS(=O)(=O)C1. The molecule has 0 spiro atoms. The van der Waals surface area contributed by atoms with E-state index in [1.807, 2.05) is 11.6 Å². The molecule has 0 saturated carbocycles. The van der Waals surface area contributed by atoms with Crippen molar-refractivity contribution in [3.8, 4) is 0 Å². The lowest BCUT2D eigenvalue weighted by Crippen LogP contribution is -3.14. The van der Waals surface area contributed by atoms with E-state index in [0.29, 0.717) is 6.42 Å². The highest BCUT2D eigenvalue weighted by Crippen LogP contribution is 2.29. The topological polar surface area (TPSA) is 78.5 Å². The van der Waals surface area contributed by atoms with Gasteiger partial charge in [0.25, 0.3) is 0 Å². The maximum atomic E-state index is 11.6. The van der Waals surface area contributed by atoms with Crippen molar-refractivity contribution in [2.24, 2.45) is 7.05 Å². The Labute approximate surface area is 135 Å². The lowest BCUT2D eigenvalue weighted by Gasteiger charge is -2.23. The number of nitrogens with one attached hydrogen (secondary N) is 1. The minimum absolute atomic E-state index is 0.00159. The van der Waals surface area contributed by atoms with Gasteiger partial charge in [0.15, 0.2) is 15.0 Å². The standard InChI is InChI=1S/C13H22N4O3S2/c1-16-12(11-2-9-22(18,19)10-11)14-15-13(16)21-8-5-17-3-6-20-7-4-17/h11H,2-10H2,1H3/p+1/t11-/m0/s1. The number of thioether (sulfide) groups is 1. The Morgan fingerprint density at radius 2 is 2.14 bits per heavy atom. The van der Waals surface area contributed by atoms with Crippen LogP contribution in [0.3, 0.4) is 0 Å². The van der Waals surface area contributed by atoms with Crippen LogP contribution >= 0.6 is 11.8 Å². The van der Waals surface area contributed by atoms with Crippen LogP contribution < -0.4 is 4.90 Å². The van der Waals surface area contributed by atoms with Gasteiger partial charge in [-0.1, -0.05) is 11.8 Å². The van der Waals surface area contributed by atoms with Crippen molar-refractivity contribution in [2.75, 3.05) is 50.1 Å². The number of nitrogens with zero attached hydrogens (tertiary/aromatic N) is 3. The molecule has 0 bridgehead atoms. The molecule has 2 saturated heterocycles. The van der Waals surface area contributed by atoms with Gasteiger partial charge in [-0.3, -0.25) is 0 Å². The van der Waals surface area contributed by atoms with Crippen LogP contribution in [0.15, 0.2) is 5.16 Å². The first-order valence-corrected chi connectivity index (χ1v) is 10.5. The summed E-state index contributed by atoms with van der Waals surface area (Å²) in [6.07, 6.45) is 0.664. The molecule has 0 amide bonds. The van der Waals surface area contributed by atoms with Gasteiger partial charge in [0.2, 0.25) is 0 Å². The van der Waals surface area contributed by atoms with Crippen molar-refractivity contribution in [2.45, 2.75) is 17.5 Å². The molecule has 22 heavy (non-hydrogen) atoms. The minimum Gasteiger partial charge on any atom is -0.370 e.